The maximum absolute atomic E-state index is 12.6. The van der Waals surface area contributed by atoms with Gasteiger partial charge in [0, 0.05) is 0 Å². The Bertz CT molecular complexity index is 612. The summed E-state index contributed by atoms with van der Waals surface area (Å²) in [6, 6.07) is 0. The molecule has 30 heavy (non-hydrogen) atoms. The molecule has 4 aliphatic rings. The quantitative estimate of drug-likeness (QED) is 0.390. The third-order valence-electron chi connectivity index (χ3n) is 7.36. The van der Waals surface area contributed by atoms with Crippen LogP contribution in [0.25, 0.3) is 0 Å². The van der Waals surface area contributed by atoms with Crippen LogP contribution in [-0.2, 0) is 23.8 Å². The van der Waals surface area contributed by atoms with Crippen LogP contribution in [0.1, 0.15) is 65.7 Å². The van der Waals surface area contributed by atoms with Crippen LogP contribution in [0.5, 0.6) is 0 Å². The third kappa shape index (κ3) is 5.11. The van der Waals surface area contributed by atoms with Gasteiger partial charge < -0.3 is 14.2 Å². The first-order valence-corrected chi connectivity index (χ1v) is 11.0. The molecule has 0 saturated heterocycles. The van der Waals surface area contributed by atoms with Gasteiger partial charge in [0.15, 0.2) is 0 Å². The molecule has 0 aliphatic heterocycles. The number of hydrogen-bond acceptors (Lipinski definition) is 5. The van der Waals surface area contributed by atoms with Gasteiger partial charge in [0.1, 0.15) is 19.1 Å². The zero-order chi connectivity index (χ0) is 22.2. The minimum absolute atomic E-state index is 0.0710. The van der Waals surface area contributed by atoms with Crippen molar-refractivity contribution in [1.29, 1.82) is 0 Å². The molecular formula is C22H33F3O5. The van der Waals surface area contributed by atoms with Crippen molar-refractivity contribution >= 4 is 11.9 Å². The van der Waals surface area contributed by atoms with Crippen LogP contribution in [0.3, 0.4) is 0 Å². The lowest BCUT2D eigenvalue weighted by atomic mass is 9.54. The molecule has 0 heterocycles. The van der Waals surface area contributed by atoms with Crippen molar-refractivity contribution in [1.82, 2.24) is 0 Å². The summed E-state index contributed by atoms with van der Waals surface area (Å²) in [5.74, 6) is -1.93. The number of ether oxygens (including phenoxy) is 3. The number of carbonyl (C=O) groups is 2. The molecule has 0 N–H and O–H groups in total. The van der Waals surface area contributed by atoms with Gasteiger partial charge >= 0.3 is 18.1 Å². The molecule has 4 saturated carbocycles. The number of alkyl halides is 3. The Labute approximate surface area is 176 Å². The van der Waals surface area contributed by atoms with Crippen LogP contribution in [0.15, 0.2) is 0 Å². The normalized spacial score (nSPS) is 33.1. The smallest absolute Gasteiger partial charge is 0.401 e. The minimum atomic E-state index is -4.67. The highest BCUT2D eigenvalue weighted by Crippen LogP contribution is 2.57. The summed E-state index contributed by atoms with van der Waals surface area (Å²) in [6.45, 7) is 3.92. The van der Waals surface area contributed by atoms with Crippen molar-refractivity contribution in [3.05, 3.63) is 0 Å². The van der Waals surface area contributed by atoms with Crippen LogP contribution >= 0.6 is 0 Å². The molecule has 4 bridgehead atoms. The van der Waals surface area contributed by atoms with Crippen LogP contribution < -0.4 is 0 Å². The standard InChI is InChI=1S/C22H33F3O5/c1-4-20(3,13-29-18(26)14(2)22(23,24)25)19(27)28-5-6-30-21-10-15-7-16(11-21)9-17(8-15)12-21/h14-17H,4-13H2,1-3H3. The fourth-order valence-electron chi connectivity index (χ4n) is 5.57. The molecule has 4 fully saturated rings. The predicted octanol–water partition coefficient (Wildman–Crippen LogP) is 4.67. The van der Waals surface area contributed by atoms with Crippen LogP contribution in [-0.4, -0.2) is 43.5 Å². The molecule has 0 spiro atoms. The van der Waals surface area contributed by atoms with Gasteiger partial charge in [-0.15, -0.1) is 0 Å². The van der Waals surface area contributed by atoms with Crippen molar-refractivity contribution in [3.63, 3.8) is 0 Å². The number of hydrogen-bond donors (Lipinski definition) is 0. The van der Waals surface area contributed by atoms with Crippen molar-refractivity contribution in [2.75, 3.05) is 19.8 Å². The van der Waals surface area contributed by atoms with Gasteiger partial charge in [-0.1, -0.05) is 6.92 Å². The Morgan fingerprint density at radius 2 is 1.53 bits per heavy atom. The van der Waals surface area contributed by atoms with Gasteiger partial charge in [-0.2, -0.15) is 13.2 Å². The van der Waals surface area contributed by atoms with Crippen molar-refractivity contribution in [2.24, 2.45) is 29.1 Å². The molecular weight excluding hydrogens is 401 g/mol. The SMILES string of the molecule is CCC(C)(COC(=O)C(C)C(F)(F)F)C(=O)OCCOC12CC3CC(CC(C3)C1)C2. The molecule has 0 aromatic rings. The topological polar surface area (TPSA) is 61.8 Å². The first kappa shape index (κ1) is 23.4. The molecule has 2 atom stereocenters. The highest BCUT2D eigenvalue weighted by atomic mass is 19.4. The predicted molar refractivity (Wildman–Crippen MR) is 102 cm³/mol. The average molecular weight is 434 g/mol. The molecule has 0 aromatic heterocycles. The number of halogens is 3. The summed E-state index contributed by atoms with van der Waals surface area (Å²) in [7, 11) is 0. The molecule has 0 aromatic carbocycles. The Hall–Kier alpha value is -1.31. The van der Waals surface area contributed by atoms with E-state index in [1.165, 1.54) is 26.2 Å². The summed E-state index contributed by atoms with van der Waals surface area (Å²) in [4.78, 5) is 24.1. The van der Waals surface area contributed by atoms with E-state index in [1.807, 2.05) is 0 Å². The summed E-state index contributed by atoms with van der Waals surface area (Å²) < 4.78 is 54.2. The van der Waals surface area contributed by atoms with E-state index in [0.717, 1.165) is 43.9 Å². The fourth-order valence-corrected chi connectivity index (χ4v) is 5.57. The Morgan fingerprint density at radius 3 is 2.00 bits per heavy atom. The highest BCUT2D eigenvalue weighted by Gasteiger charge is 2.51. The highest BCUT2D eigenvalue weighted by molar-refractivity contribution is 5.78. The van der Waals surface area contributed by atoms with Gasteiger partial charge in [0.25, 0.3) is 0 Å². The molecule has 4 rings (SSSR count). The number of carbonyl (C=O) groups excluding carboxylic acids is 2. The van der Waals surface area contributed by atoms with Crippen LogP contribution in [0.2, 0.25) is 0 Å². The average Bonchev–Trinajstić information content (AvgIpc) is 2.66. The van der Waals surface area contributed by atoms with Crippen molar-refractivity contribution < 1.29 is 37.0 Å². The minimum Gasteiger partial charge on any atom is -0.464 e. The lowest BCUT2D eigenvalue weighted by Gasteiger charge is -2.56. The van der Waals surface area contributed by atoms with E-state index in [-0.39, 0.29) is 18.6 Å². The largest absolute Gasteiger partial charge is 0.464 e. The Kier molecular flexibility index (Phi) is 6.75. The number of rotatable bonds is 9. The van der Waals surface area contributed by atoms with Gasteiger partial charge in [-0.25, -0.2) is 0 Å². The van der Waals surface area contributed by atoms with Crippen LogP contribution in [0.4, 0.5) is 13.2 Å². The molecule has 2 unspecified atom stereocenters. The Morgan fingerprint density at radius 1 is 1.00 bits per heavy atom. The van der Waals surface area contributed by atoms with Gasteiger partial charge in [0.2, 0.25) is 0 Å². The summed E-state index contributed by atoms with van der Waals surface area (Å²) in [6.07, 6.45) is 2.82. The second-order valence-corrected chi connectivity index (χ2v) is 9.87. The third-order valence-corrected chi connectivity index (χ3v) is 7.36. The maximum atomic E-state index is 12.6. The van der Waals surface area contributed by atoms with Crippen molar-refractivity contribution in [2.45, 2.75) is 77.5 Å². The molecule has 4 aliphatic carbocycles. The second-order valence-electron chi connectivity index (χ2n) is 9.87. The van der Waals surface area contributed by atoms with E-state index < -0.39 is 36.1 Å². The molecule has 0 radical (unpaired) electrons. The zero-order valence-electron chi connectivity index (χ0n) is 18.1. The van der Waals surface area contributed by atoms with E-state index in [2.05, 4.69) is 0 Å². The summed E-state index contributed by atoms with van der Waals surface area (Å²) in [5.41, 5.74) is -1.26. The first-order valence-electron chi connectivity index (χ1n) is 11.0. The van der Waals surface area contributed by atoms with Gasteiger partial charge in [-0.3, -0.25) is 9.59 Å². The van der Waals surface area contributed by atoms with E-state index in [0.29, 0.717) is 6.61 Å². The van der Waals surface area contributed by atoms with E-state index >= 15 is 0 Å². The lowest BCUT2D eigenvalue weighted by Crippen LogP contribution is -2.52. The molecule has 5 nitrogen and oxygen atoms in total. The van der Waals surface area contributed by atoms with E-state index in [4.69, 9.17) is 14.2 Å². The first-order chi connectivity index (χ1) is 14.0. The molecule has 8 heteroatoms. The monoisotopic (exact) mass is 434 g/mol. The fraction of sp³-hybridized carbons (Fsp3) is 0.909. The zero-order valence-corrected chi connectivity index (χ0v) is 18.1. The maximum Gasteiger partial charge on any atom is 0.401 e. The van der Waals surface area contributed by atoms with Crippen LogP contribution in [0, 0.1) is 29.1 Å². The van der Waals surface area contributed by atoms with Gasteiger partial charge in [-0.05, 0) is 76.5 Å². The molecule has 172 valence electrons. The van der Waals surface area contributed by atoms with Gasteiger partial charge in [0.05, 0.1) is 17.6 Å². The van der Waals surface area contributed by atoms with E-state index in [9.17, 15) is 22.8 Å². The van der Waals surface area contributed by atoms with E-state index in [1.54, 1.807) is 6.92 Å². The van der Waals surface area contributed by atoms with Crippen molar-refractivity contribution in [3.8, 4) is 0 Å². The number of esters is 2. The summed E-state index contributed by atoms with van der Waals surface area (Å²) >= 11 is 0. The Balaban J connectivity index is 1.43. The lowest BCUT2D eigenvalue weighted by molar-refractivity contribution is -0.197. The summed E-state index contributed by atoms with van der Waals surface area (Å²) in [5, 5.41) is 0. The molecule has 0 amide bonds. The second kappa shape index (κ2) is 8.67.